The molecule has 0 aliphatic carbocycles. The lowest BCUT2D eigenvalue weighted by atomic mass is 9.95. The monoisotopic (exact) mass is 589 g/mol. The van der Waals surface area contributed by atoms with Crippen molar-refractivity contribution in [3.8, 4) is 22.9 Å². The van der Waals surface area contributed by atoms with E-state index in [1.165, 1.54) is 7.11 Å². The Morgan fingerprint density at radius 2 is 1.77 bits per heavy atom. The lowest BCUT2D eigenvalue weighted by Crippen LogP contribution is -2.45. The van der Waals surface area contributed by atoms with Crippen LogP contribution in [0.25, 0.3) is 5.69 Å². The maximum atomic E-state index is 12.6. The molecule has 1 atom stereocenters. The van der Waals surface area contributed by atoms with Crippen LogP contribution in [0.5, 0.6) is 17.2 Å². The fourth-order valence-corrected chi connectivity index (χ4v) is 4.80. The number of carbonyl (C=O) groups excluding carboxylic acids is 3. The van der Waals surface area contributed by atoms with Gasteiger partial charge in [-0.05, 0) is 75.7 Å². The van der Waals surface area contributed by atoms with Crippen LogP contribution in [0.1, 0.15) is 42.4 Å². The number of hydrazone groups is 1. The van der Waals surface area contributed by atoms with E-state index in [4.69, 9.17) is 18.9 Å². The number of urea groups is 1. The molecule has 3 amide bonds. The normalized spacial score (nSPS) is 14.7. The van der Waals surface area contributed by atoms with Gasteiger partial charge in [-0.15, -0.1) is 0 Å². The average molecular weight is 590 g/mol. The van der Waals surface area contributed by atoms with E-state index < -0.39 is 23.9 Å². The molecule has 43 heavy (non-hydrogen) atoms. The van der Waals surface area contributed by atoms with Gasteiger partial charge in [-0.1, -0.05) is 6.07 Å². The van der Waals surface area contributed by atoms with E-state index in [9.17, 15) is 14.4 Å². The number of carbonyl (C=O) groups is 3. The Kier molecular flexibility index (Phi) is 9.71. The molecule has 1 aliphatic rings. The van der Waals surface area contributed by atoms with Gasteiger partial charge in [-0.3, -0.25) is 4.79 Å². The summed E-state index contributed by atoms with van der Waals surface area (Å²) in [4.78, 5) is 37.3. The molecule has 12 heteroatoms. The van der Waals surface area contributed by atoms with E-state index in [1.54, 1.807) is 45.4 Å². The zero-order chi connectivity index (χ0) is 31.1. The van der Waals surface area contributed by atoms with E-state index in [-0.39, 0.29) is 18.8 Å². The van der Waals surface area contributed by atoms with Crippen LogP contribution in [0.4, 0.5) is 4.79 Å². The van der Waals surface area contributed by atoms with Crippen LogP contribution < -0.4 is 30.3 Å². The molecule has 0 spiro atoms. The molecule has 0 radical (unpaired) electrons. The highest BCUT2D eigenvalue weighted by Crippen LogP contribution is 2.34. The second-order valence-electron chi connectivity index (χ2n) is 9.64. The van der Waals surface area contributed by atoms with Gasteiger partial charge >= 0.3 is 12.0 Å². The molecule has 0 saturated carbocycles. The van der Waals surface area contributed by atoms with Crippen molar-refractivity contribution in [3.63, 3.8) is 0 Å². The van der Waals surface area contributed by atoms with Gasteiger partial charge in [0.05, 0.1) is 38.7 Å². The lowest BCUT2D eigenvalue weighted by molar-refractivity contribution is -0.139. The first-order valence-corrected chi connectivity index (χ1v) is 13.6. The summed E-state index contributed by atoms with van der Waals surface area (Å²) in [5, 5.41) is 9.44. The van der Waals surface area contributed by atoms with Crippen LogP contribution in [0.15, 0.2) is 64.9 Å². The standard InChI is InChI=1S/C31H35N5O7/c1-7-42-30(38)28-19(3)33-31(39)34-29(28)21-8-13-25(26(15-21)41-6)43-17-27(37)35-32-16-22-14-18(2)36(20(22)4)23-9-11-24(40-5)12-10-23/h8-16,29H,7,17H2,1-6H3,(H,35,37)(H2,33,34,39)/b32-16-/t29-/m0/s1. The third kappa shape index (κ3) is 6.97. The third-order valence-electron chi connectivity index (χ3n) is 6.84. The number of ether oxygens (including phenoxy) is 4. The van der Waals surface area contributed by atoms with Crippen molar-refractivity contribution in [2.75, 3.05) is 27.4 Å². The maximum absolute atomic E-state index is 12.6. The molecule has 3 N–H and O–H groups in total. The van der Waals surface area contributed by atoms with E-state index in [0.29, 0.717) is 22.8 Å². The van der Waals surface area contributed by atoms with Gasteiger partial charge in [0.25, 0.3) is 5.91 Å². The van der Waals surface area contributed by atoms with Gasteiger partial charge in [0.1, 0.15) is 5.75 Å². The molecule has 4 rings (SSSR count). The molecule has 0 fully saturated rings. The van der Waals surface area contributed by atoms with Crippen molar-refractivity contribution in [3.05, 3.63) is 82.3 Å². The summed E-state index contributed by atoms with van der Waals surface area (Å²) in [6.07, 6.45) is 1.58. The van der Waals surface area contributed by atoms with Gasteiger partial charge in [0.15, 0.2) is 18.1 Å². The van der Waals surface area contributed by atoms with Gasteiger partial charge in [-0.2, -0.15) is 5.10 Å². The first kappa shape index (κ1) is 30.7. The van der Waals surface area contributed by atoms with Crippen molar-refractivity contribution >= 4 is 24.1 Å². The van der Waals surface area contributed by atoms with Crippen LogP contribution in [-0.2, 0) is 14.3 Å². The molecule has 0 unspecified atom stereocenters. The van der Waals surface area contributed by atoms with E-state index >= 15 is 0 Å². The number of methoxy groups -OCH3 is 2. The first-order chi connectivity index (χ1) is 20.7. The van der Waals surface area contributed by atoms with Gasteiger partial charge in [0, 0.05) is 28.3 Å². The van der Waals surface area contributed by atoms with E-state index in [2.05, 4.69) is 25.7 Å². The highest BCUT2D eigenvalue weighted by atomic mass is 16.5. The summed E-state index contributed by atoms with van der Waals surface area (Å²) in [7, 11) is 3.08. The number of aromatic nitrogens is 1. The minimum atomic E-state index is -0.764. The smallest absolute Gasteiger partial charge is 0.338 e. The SMILES string of the molecule is CCOC(=O)C1=C(C)NC(=O)N[C@H]1c1ccc(OCC(=O)N/N=C\c2cc(C)n(-c3ccc(OC)cc3)c2C)c(OC)c1. The summed E-state index contributed by atoms with van der Waals surface area (Å²) >= 11 is 0. The molecule has 0 saturated heterocycles. The maximum Gasteiger partial charge on any atom is 0.338 e. The molecule has 2 heterocycles. The highest BCUT2D eigenvalue weighted by molar-refractivity contribution is 5.95. The number of amides is 3. The van der Waals surface area contributed by atoms with Crippen LogP contribution in [-0.4, -0.2) is 56.1 Å². The van der Waals surface area contributed by atoms with Gasteiger partial charge < -0.3 is 34.1 Å². The minimum absolute atomic E-state index is 0.189. The predicted molar refractivity (Wildman–Crippen MR) is 160 cm³/mol. The molecule has 2 aromatic carbocycles. The third-order valence-corrected chi connectivity index (χ3v) is 6.84. The predicted octanol–water partition coefficient (Wildman–Crippen LogP) is 3.83. The number of benzene rings is 2. The van der Waals surface area contributed by atoms with E-state index in [0.717, 1.165) is 28.4 Å². The van der Waals surface area contributed by atoms with Gasteiger partial charge in [-0.25, -0.2) is 15.0 Å². The number of hydrogen-bond donors (Lipinski definition) is 3. The van der Waals surface area contributed by atoms with Crippen LogP contribution in [0, 0.1) is 13.8 Å². The second kappa shape index (κ2) is 13.6. The van der Waals surface area contributed by atoms with Crippen molar-refractivity contribution in [1.82, 2.24) is 20.6 Å². The number of allylic oxidation sites excluding steroid dienone is 1. The topological polar surface area (TPSA) is 142 Å². The number of rotatable bonds is 11. The first-order valence-electron chi connectivity index (χ1n) is 13.6. The Morgan fingerprint density at radius 1 is 1.02 bits per heavy atom. The Balaban J connectivity index is 1.41. The van der Waals surface area contributed by atoms with Crippen molar-refractivity contribution in [2.24, 2.45) is 5.10 Å². The fourth-order valence-electron chi connectivity index (χ4n) is 4.80. The summed E-state index contributed by atoms with van der Waals surface area (Å²) < 4.78 is 23.7. The summed E-state index contributed by atoms with van der Waals surface area (Å²) in [5.41, 5.74) is 7.53. The van der Waals surface area contributed by atoms with Crippen LogP contribution >= 0.6 is 0 Å². The Labute approximate surface area is 249 Å². The van der Waals surface area contributed by atoms with Crippen molar-refractivity contribution in [2.45, 2.75) is 33.7 Å². The Morgan fingerprint density at radius 3 is 2.44 bits per heavy atom. The second-order valence-corrected chi connectivity index (χ2v) is 9.64. The van der Waals surface area contributed by atoms with E-state index in [1.807, 2.05) is 44.2 Å². The van der Waals surface area contributed by atoms with Crippen LogP contribution in [0.3, 0.4) is 0 Å². The fraction of sp³-hybridized carbons (Fsp3) is 0.290. The summed E-state index contributed by atoms with van der Waals surface area (Å²) in [5.74, 6) is 0.370. The lowest BCUT2D eigenvalue weighted by Gasteiger charge is -2.28. The highest BCUT2D eigenvalue weighted by Gasteiger charge is 2.32. The van der Waals surface area contributed by atoms with Crippen molar-refractivity contribution in [1.29, 1.82) is 0 Å². The molecule has 226 valence electrons. The number of aryl methyl sites for hydroxylation is 1. The Hall–Kier alpha value is -5.26. The summed E-state index contributed by atoms with van der Waals surface area (Å²) in [6.45, 7) is 7.17. The van der Waals surface area contributed by atoms with Crippen molar-refractivity contribution < 1.29 is 33.3 Å². The molecule has 1 aliphatic heterocycles. The van der Waals surface area contributed by atoms with Gasteiger partial charge in [0.2, 0.25) is 0 Å². The number of nitrogens with zero attached hydrogens (tertiary/aromatic N) is 2. The molecule has 1 aromatic heterocycles. The number of hydrogen-bond acceptors (Lipinski definition) is 8. The molecule has 0 bridgehead atoms. The molecule has 3 aromatic rings. The molecule has 12 nitrogen and oxygen atoms in total. The quantitative estimate of drug-likeness (QED) is 0.175. The van der Waals surface area contributed by atoms with Crippen LogP contribution in [0.2, 0.25) is 0 Å². The zero-order valence-corrected chi connectivity index (χ0v) is 24.9. The zero-order valence-electron chi connectivity index (χ0n) is 24.9. The Bertz CT molecular complexity index is 1570. The largest absolute Gasteiger partial charge is 0.497 e. The number of esters is 1. The number of nitrogens with one attached hydrogen (secondary N) is 3. The molecular formula is C31H35N5O7. The molecular weight excluding hydrogens is 554 g/mol. The average Bonchev–Trinajstić information content (AvgIpc) is 3.27. The summed E-state index contributed by atoms with van der Waals surface area (Å²) in [6, 6.07) is 13.4. The minimum Gasteiger partial charge on any atom is -0.497 e.